The quantitative estimate of drug-likeness (QED) is 0.908. The summed E-state index contributed by atoms with van der Waals surface area (Å²) in [7, 11) is 4.33. The highest BCUT2D eigenvalue weighted by atomic mass is 15.3. The van der Waals surface area contributed by atoms with Crippen LogP contribution >= 0.6 is 0 Å². The van der Waals surface area contributed by atoms with E-state index in [0.717, 1.165) is 25.3 Å². The molecule has 2 N–H and O–H groups in total. The molecule has 0 amide bonds. The lowest BCUT2D eigenvalue weighted by Gasteiger charge is -2.23. The molecule has 4 heteroatoms. The number of anilines is 1. The van der Waals surface area contributed by atoms with Crippen LogP contribution in [0.5, 0.6) is 0 Å². The first kappa shape index (κ1) is 15.3. The van der Waals surface area contributed by atoms with Crippen molar-refractivity contribution >= 4 is 5.82 Å². The topological polar surface area (TPSA) is 45.4 Å². The van der Waals surface area contributed by atoms with Crippen molar-refractivity contribution in [3.05, 3.63) is 23.4 Å². The van der Waals surface area contributed by atoms with Crippen molar-refractivity contribution < 1.29 is 0 Å². The van der Waals surface area contributed by atoms with Crippen LogP contribution in [0.25, 0.3) is 0 Å². The lowest BCUT2D eigenvalue weighted by molar-refractivity contribution is 0.266. The summed E-state index contributed by atoms with van der Waals surface area (Å²) in [6.45, 7) is 8.66. The van der Waals surface area contributed by atoms with Crippen LogP contribution < -0.4 is 10.6 Å². The summed E-state index contributed by atoms with van der Waals surface area (Å²) in [5.41, 5.74) is 8.35. The molecular weight excluding hydrogens is 248 g/mol. The third kappa shape index (κ3) is 3.30. The van der Waals surface area contributed by atoms with Crippen molar-refractivity contribution in [3.8, 4) is 0 Å². The number of nitrogens with two attached hydrogens (primary N) is 1. The van der Waals surface area contributed by atoms with E-state index in [1.54, 1.807) is 0 Å². The summed E-state index contributed by atoms with van der Waals surface area (Å²) in [4.78, 5) is 9.43. The number of likely N-dealkylation sites (N-methyl/N-ethyl adjacent to an activating group) is 1. The molecule has 0 aliphatic carbocycles. The molecule has 0 saturated carbocycles. The number of rotatable bonds is 4. The second kappa shape index (κ2) is 6.10. The Bertz CT molecular complexity index is 456. The Balaban J connectivity index is 2.14. The second-order valence-corrected chi connectivity index (χ2v) is 6.58. The molecule has 1 aliphatic heterocycles. The first-order chi connectivity index (χ1) is 9.38. The highest BCUT2D eigenvalue weighted by molar-refractivity contribution is 5.49. The van der Waals surface area contributed by atoms with Crippen LogP contribution in [0, 0.1) is 12.8 Å². The number of hydrogen-bond donors (Lipinski definition) is 1. The molecule has 112 valence electrons. The zero-order chi connectivity index (χ0) is 14.9. The van der Waals surface area contributed by atoms with Gasteiger partial charge in [0.2, 0.25) is 0 Å². The molecule has 2 heterocycles. The van der Waals surface area contributed by atoms with E-state index < -0.39 is 0 Å². The molecule has 2 rings (SSSR count). The molecule has 1 aromatic heterocycles. The van der Waals surface area contributed by atoms with Crippen LogP contribution in [0.1, 0.15) is 25.0 Å². The Kier molecular flexibility index (Phi) is 4.66. The van der Waals surface area contributed by atoms with Crippen LogP contribution in [-0.2, 0) is 6.42 Å². The molecule has 1 aliphatic rings. The van der Waals surface area contributed by atoms with Crippen molar-refractivity contribution in [2.24, 2.45) is 11.7 Å². The molecule has 0 aromatic carbocycles. The van der Waals surface area contributed by atoms with Crippen LogP contribution in [0.15, 0.2) is 12.3 Å². The average Bonchev–Trinajstić information content (AvgIpc) is 2.70. The van der Waals surface area contributed by atoms with Gasteiger partial charge in [0.25, 0.3) is 0 Å². The molecule has 3 atom stereocenters. The summed E-state index contributed by atoms with van der Waals surface area (Å²) < 4.78 is 0. The minimum Gasteiger partial charge on any atom is -0.354 e. The number of hydrogen-bond acceptors (Lipinski definition) is 4. The zero-order valence-electron chi connectivity index (χ0n) is 13.4. The summed E-state index contributed by atoms with van der Waals surface area (Å²) in [6.07, 6.45) is 2.88. The average molecular weight is 276 g/mol. The van der Waals surface area contributed by atoms with Crippen LogP contribution in [0.4, 0.5) is 5.82 Å². The summed E-state index contributed by atoms with van der Waals surface area (Å²) in [5, 5.41) is 0. The van der Waals surface area contributed by atoms with E-state index in [9.17, 15) is 0 Å². The Labute approximate surface area is 123 Å². The van der Waals surface area contributed by atoms with Crippen LogP contribution in [0.2, 0.25) is 0 Å². The fourth-order valence-corrected chi connectivity index (χ4v) is 3.24. The molecule has 0 radical (unpaired) electrons. The number of nitrogens with zero attached hydrogens (tertiary/aromatic N) is 3. The van der Waals surface area contributed by atoms with E-state index in [2.05, 4.69) is 43.8 Å². The first-order valence-corrected chi connectivity index (χ1v) is 7.51. The second-order valence-electron chi connectivity index (χ2n) is 6.58. The molecule has 4 nitrogen and oxygen atoms in total. The van der Waals surface area contributed by atoms with Gasteiger partial charge in [-0.3, -0.25) is 0 Å². The Morgan fingerprint density at radius 3 is 2.65 bits per heavy atom. The van der Waals surface area contributed by atoms with E-state index in [0.29, 0.717) is 12.0 Å². The normalized spacial score (nSPS) is 24.4. The SMILES string of the molecule is Cc1cc(CC(C)N)cnc1N1CC(C)C(N(C)C)C1. The van der Waals surface area contributed by atoms with Gasteiger partial charge in [-0.15, -0.1) is 0 Å². The van der Waals surface area contributed by atoms with Crippen molar-refractivity contribution in [2.75, 3.05) is 32.1 Å². The van der Waals surface area contributed by atoms with Crippen LogP contribution in [-0.4, -0.2) is 49.2 Å². The lowest BCUT2D eigenvalue weighted by Crippen LogP contribution is -2.34. The molecule has 3 unspecified atom stereocenters. The molecule has 20 heavy (non-hydrogen) atoms. The fourth-order valence-electron chi connectivity index (χ4n) is 3.24. The minimum atomic E-state index is 0.187. The summed E-state index contributed by atoms with van der Waals surface area (Å²) in [6, 6.07) is 3.03. The first-order valence-electron chi connectivity index (χ1n) is 7.51. The zero-order valence-corrected chi connectivity index (χ0v) is 13.4. The standard InChI is InChI=1S/C16H28N4/c1-11-6-14(7-13(3)17)8-18-16(11)20-9-12(2)15(10-20)19(4)5/h6,8,12-13,15H,7,9-10,17H2,1-5H3. The highest BCUT2D eigenvalue weighted by Gasteiger charge is 2.32. The smallest absolute Gasteiger partial charge is 0.131 e. The van der Waals surface area contributed by atoms with Gasteiger partial charge < -0.3 is 15.5 Å². The lowest BCUT2D eigenvalue weighted by atomic mass is 10.1. The van der Waals surface area contributed by atoms with E-state index >= 15 is 0 Å². The largest absolute Gasteiger partial charge is 0.354 e. The van der Waals surface area contributed by atoms with Crippen molar-refractivity contribution in [1.82, 2.24) is 9.88 Å². The van der Waals surface area contributed by atoms with Gasteiger partial charge in [-0.25, -0.2) is 4.98 Å². The van der Waals surface area contributed by atoms with Gasteiger partial charge in [-0.1, -0.05) is 13.0 Å². The number of pyridine rings is 1. The van der Waals surface area contributed by atoms with E-state index in [-0.39, 0.29) is 6.04 Å². The molecule has 1 fully saturated rings. The summed E-state index contributed by atoms with van der Waals surface area (Å²) >= 11 is 0. The molecule has 1 saturated heterocycles. The van der Waals surface area contributed by atoms with E-state index in [4.69, 9.17) is 10.7 Å². The predicted octanol–water partition coefficient (Wildman–Crippen LogP) is 1.67. The Hall–Kier alpha value is -1.13. The maximum Gasteiger partial charge on any atom is 0.131 e. The molecule has 0 bridgehead atoms. The Morgan fingerprint density at radius 2 is 2.15 bits per heavy atom. The van der Waals surface area contributed by atoms with Crippen molar-refractivity contribution in [2.45, 2.75) is 39.3 Å². The predicted molar refractivity (Wildman–Crippen MR) is 85.2 cm³/mol. The van der Waals surface area contributed by atoms with Gasteiger partial charge in [0, 0.05) is 31.4 Å². The molecule has 1 aromatic rings. The van der Waals surface area contributed by atoms with Gasteiger partial charge in [-0.2, -0.15) is 0 Å². The fraction of sp³-hybridized carbons (Fsp3) is 0.688. The van der Waals surface area contributed by atoms with Gasteiger partial charge in [0.1, 0.15) is 5.82 Å². The van der Waals surface area contributed by atoms with E-state index in [1.807, 2.05) is 13.1 Å². The van der Waals surface area contributed by atoms with Gasteiger partial charge in [-0.05, 0) is 51.4 Å². The number of aryl methyl sites for hydroxylation is 1. The highest BCUT2D eigenvalue weighted by Crippen LogP contribution is 2.27. The molecule has 0 spiro atoms. The van der Waals surface area contributed by atoms with Gasteiger partial charge in [0.15, 0.2) is 0 Å². The maximum atomic E-state index is 5.86. The third-order valence-corrected chi connectivity index (χ3v) is 4.20. The summed E-state index contributed by atoms with van der Waals surface area (Å²) in [5.74, 6) is 1.81. The minimum absolute atomic E-state index is 0.187. The van der Waals surface area contributed by atoms with Crippen LogP contribution in [0.3, 0.4) is 0 Å². The Morgan fingerprint density at radius 1 is 1.45 bits per heavy atom. The maximum absolute atomic E-state index is 5.86. The molecular formula is C16H28N4. The van der Waals surface area contributed by atoms with E-state index in [1.165, 1.54) is 11.1 Å². The van der Waals surface area contributed by atoms with Gasteiger partial charge in [0.05, 0.1) is 0 Å². The van der Waals surface area contributed by atoms with Crippen molar-refractivity contribution in [1.29, 1.82) is 0 Å². The number of aromatic nitrogens is 1. The van der Waals surface area contributed by atoms with Gasteiger partial charge >= 0.3 is 0 Å². The monoisotopic (exact) mass is 276 g/mol. The van der Waals surface area contributed by atoms with Crippen molar-refractivity contribution in [3.63, 3.8) is 0 Å². The third-order valence-electron chi connectivity index (χ3n) is 4.20.